The van der Waals surface area contributed by atoms with Gasteiger partial charge in [0.25, 0.3) is 0 Å². The third kappa shape index (κ3) is 4.19. The van der Waals surface area contributed by atoms with Crippen LogP contribution in [-0.4, -0.2) is 27.0 Å². The van der Waals surface area contributed by atoms with Gasteiger partial charge >= 0.3 is 0 Å². The molecular weight excluding hydrogens is 308 g/mol. The molecule has 21 heavy (non-hydrogen) atoms. The van der Waals surface area contributed by atoms with E-state index in [1.165, 1.54) is 0 Å². The number of hydrogen-bond donors (Lipinski definition) is 2. The standard InChI is InChI=1S/C15H24N2O2S.ClH/c1-10-8-11(2)15(12(3)9-10)20(18,19)17-14-6-5-7-16-13(14)4;/h8-9,13-14,16-17H,5-7H2,1-4H3;1H. The van der Waals surface area contributed by atoms with Crippen LogP contribution in [0.2, 0.25) is 0 Å². The molecule has 0 saturated carbocycles. The number of benzene rings is 1. The topological polar surface area (TPSA) is 58.2 Å². The predicted molar refractivity (Wildman–Crippen MR) is 88.7 cm³/mol. The highest BCUT2D eigenvalue weighted by Gasteiger charge is 2.28. The Hall–Kier alpha value is -0.620. The van der Waals surface area contributed by atoms with Gasteiger partial charge in [-0.1, -0.05) is 17.7 Å². The summed E-state index contributed by atoms with van der Waals surface area (Å²) in [6, 6.07) is 3.98. The highest BCUT2D eigenvalue weighted by Crippen LogP contribution is 2.23. The number of piperidine rings is 1. The Kier molecular flexibility index (Phi) is 6.23. The first-order valence-electron chi connectivity index (χ1n) is 7.15. The van der Waals surface area contributed by atoms with E-state index in [9.17, 15) is 8.42 Å². The fraction of sp³-hybridized carbons (Fsp3) is 0.600. The smallest absolute Gasteiger partial charge is 0.241 e. The van der Waals surface area contributed by atoms with Crippen LogP contribution in [0.3, 0.4) is 0 Å². The molecule has 2 atom stereocenters. The molecule has 1 aromatic rings. The lowest BCUT2D eigenvalue weighted by Crippen LogP contribution is -2.51. The third-order valence-corrected chi connectivity index (χ3v) is 5.74. The summed E-state index contributed by atoms with van der Waals surface area (Å²) in [5.41, 5.74) is 2.71. The normalized spacial score (nSPS) is 22.7. The van der Waals surface area contributed by atoms with Gasteiger partial charge in [-0.3, -0.25) is 0 Å². The van der Waals surface area contributed by atoms with E-state index >= 15 is 0 Å². The lowest BCUT2D eigenvalue weighted by atomic mass is 10.0. The fourth-order valence-corrected chi connectivity index (χ4v) is 4.86. The minimum absolute atomic E-state index is 0. The number of rotatable bonds is 3. The summed E-state index contributed by atoms with van der Waals surface area (Å²) in [6.07, 6.45) is 1.89. The van der Waals surface area contributed by atoms with Crippen molar-refractivity contribution in [3.8, 4) is 0 Å². The molecular formula is C15H25ClN2O2S. The second-order valence-electron chi connectivity index (χ2n) is 5.84. The van der Waals surface area contributed by atoms with Gasteiger partial charge in [0.1, 0.15) is 0 Å². The SMILES string of the molecule is Cc1cc(C)c(S(=O)(=O)NC2CCCNC2C)c(C)c1.Cl. The van der Waals surface area contributed by atoms with Gasteiger partial charge in [0.15, 0.2) is 0 Å². The minimum atomic E-state index is -3.46. The predicted octanol–water partition coefficient (Wildman–Crippen LogP) is 2.45. The van der Waals surface area contributed by atoms with Crippen molar-refractivity contribution in [3.63, 3.8) is 0 Å². The zero-order valence-electron chi connectivity index (χ0n) is 13.1. The number of nitrogens with one attached hydrogen (secondary N) is 2. The maximum absolute atomic E-state index is 12.7. The van der Waals surface area contributed by atoms with Gasteiger partial charge in [0.2, 0.25) is 10.0 Å². The molecule has 120 valence electrons. The summed E-state index contributed by atoms with van der Waals surface area (Å²) in [6.45, 7) is 8.69. The first kappa shape index (κ1) is 18.4. The van der Waals surface area contributed by atoms with Crippen molar-refractivity contribution >= 4 is 22.4 Å². The van der Waals surface area contributed by atoms with Crippen molar-refractivity contribution in [1.82, 2.24) is 10.0 Å². The number of sulfonamides is 1. The molecule has 1 aliphatic rings. The lowest BCUT2D eigenvalue weighted by Gasteiger charge is -2.30. The van der Waals surface area contributed by atoms with Gasteiger partial charge in [0, 0.05) is 12.1 Å². The van der Waals surface area contributed by atoms with Crippen LogP contribution >= 0.6 is 12.4 Å². The van der Waals surface area contributed by atoms with Gasteiger partial charge in [-0.25, -0.2) is 13.1 Å². The van der Waals surface area contributed by atoms with Crippen LogP contribution in [0.4, 0.5) is 0 Å². The second kappa shape index (κ2) is 7.09. The average molecular weight is 333 g/mol. The molecule has 0 aromatic heterocycles. The van der Waals surface area contributed by atoms with Crippen LogP contribution < -0.4 is 10.0 Å². The molecule has 1 aromatic carbocycles. The van der Waals surface area contributed by atoms with Crippen molar-refractivity contribution < 1.29 is 8.42 Å². The molecule has 0 aliphatic carbocycles. The van der Waals surface area contributed by atoms with E-state index in [0.29, 0.717) is 4.90 Å². The van der Waals surface area contributed by atoms with Crippen LogP contribution in [-0.2, 0) is 10.0 Å². The van der Waals surface area contributed by atoms with E-state index in [1.54, 1.807) is 0 Å². The molecule has 1 saturated heterocycles. The number of hydrogen-bond acceptors (Lipinski definition) is 3. The maximum atomic E-state index is 12.7. The molecule has 0 amide bonds. The second-order valence-corrected chi connectivity index (χ2v) is 7.49. The molecule has 6 heteroatoms. The first-order valence-corrected chi connectivity index (χ1v) is 8.63. The van der Waals surface area contributed by atoms with Crippen LogP contribution in [0, 0.1) is 20.8 Å². The van der Waals surface area contributed by atoms with Crippen molar-refractivity contribution in [3.05, 3.63) is 28.8 Å². The Bertz CT molecular complexity index is 579. The largest absolute Gasteiger partial charge is 0.313 e. The van der Waals surface area contributed by atoms with Crippen molar-refractivity contribution in [2.75, 3.05) is 6.54 Å². The molecule has 2 rings (SSSR count). The van der Waals surface area contributed by atoms with E-state index in [0.717, 1.165) is 36.1 Å². The number of halogens is 1. The van der Waals surface area contributed by atoms with Gasteiger partial charge in [-0.15, -0.1) is 12.4 Å². The molecule has 2 N–H and O–H groups in total. The highest BCUT2D eigenvalue weighted by atomic mass is 35.5. The van der Waals surface area contributed by atoms with E-state index < -0.39 is 10.0 Å². The van der Waals surface area contributed by atoms with Crippen LogP contribution in [0.5, 0.6) is 0 Å². The van der Waals surface area contributed by atoms with Gasteiger partial charge in [-0.05, 0) is 58.2 Å². The fourth-order valence-electron chi connectivity index (χ4n) is 3.05. The van der Waals surface area contributed by atoms with E-state index in [-0.39, 0.29) is 24.5 Å². The molecule has 0 bridgehead atoms. The summed E-state index contributed by atoms with van der Waals surface area (Å²) < 4.78 is 28.2. The lowest BCUT2D eigenvalue weighted by molar-refractivity contribution is 0.348. The minimum Gasteiger partial charge on any atom is -0.313 e. The van der Waals surface area contributed by atoms with E-state index in [2.05, 4.69) is 10.0 Å². The van der Waals surface area contributed by atoms with Gasteiger partial charge < -0.3 is 5.32 Å². The zero-order chi connectivity index (χ0) is 14.9. The van der Waals surface area contributed by atoms with Gasteiger partial charge in [0.05, 0.1) is 4.90 Å². The van der Waals surface area contributed by atoms with Crippen molar-refractivity contribution in [2.45, 2.75) is 57.5 Å². The third-order valence-electron chi connectivity index (χ3n) is 3.94. The summed E-state index contributed by atoms with van der Waals surface area (Å²) in [5.74, 6) is 0. The summed E-state index contributed by atoms with van der Waals surface area (Å²) >= 11 is 0. The van der Waals surface area contributed by atoms with Crippen molar-refractivity contribution in [1.29, 1.82) is 0 Å². The van der Waals surface area contributed by atoms with Crippen LogP contribution in [0.25, 0.3) is 0 Å². The molecule has 2 unspecified atom stereocenters. The molecule has 0 spiro atoms. The summed E-state index contributed by atoms with van der Waals surface area (Å²) in [7, 11) is -3.46. The van der Waals surface area contributed by atoms with E-state index in [4.69, 9.17) is 0 Å². The molecule has 4 nitrogen and oxygen atoms in total. The first-order chi connectivity index (χ1) is 9.31. The maximum Gasteiger partial charge on any atom is 0.241 e. The van der Waals surface area contributed by atoms with Crippen LogP contribution in [0.1, 0.15) is 36.5 Å². The molecule has 1 fully saturated rings. The van der Waals surface area contributed by atoms with Crippen LogP contribution in [0.15, 0.2) is 17.0 Å². The monoisotopic (exact) mass is 332 g/mol. The highest BCUT2D eigenvalue weighted by molar-refractivity contribution is 7.89. The zero-order valence-corrected chi connectivity index (χ0v) is 14.7. The Balaban J connectivity index is 0.00000220. The Morgan fingerprint density at radius 2 is 1.76 bits per heavy atom. The quantitative estimate of drug-likeness (QED) is 0.894. The average Bonchev–Trinajstić information content (AvgIpc) is 2.30. The summed E-state index contributed by atoms with van der Waals surface area (Å²) in [5, 5.41) is 3.32. The molecule has 0 radical (unpaired) electrons. The Morgan fingerprint density at radius 1 is 1.19 bits per heavy atom. The Morgan fingerprint density at radius 3 is 2.29 bits per heavy atom. The van der Waals surface area contributed by atoms with Gasteiger partial charge in [-0.2, -0.15) is 0 Å². The molecule has 1 aliphatic heterocycles. The van der Waals surface area contributed by atoms with Crippen molar-refractivity contribution in [2.24, 2.45) is 0 Å². The Labute approximate surface area is 134 Å². The van der Waals surface area contributed by atoms with E-state index in [1.807, 2.05) is 39.8 Å². The molecule has 1 heterocycles. The summed E-state index contributed by atoms with van der Waals surface area (Å²) in [4.78, 5) is 0.431. The number of aryl methyl sites for hydroxylation is 3.